The average molecular weight is 362 g/mol. The van der Waals surface area contributed by atoms with E-state index in [2.05, 4.69) is 18.6 Å². The second kappa shape index (κ2) is 8.50. The first kappa shape index (κ1) is 19.5. The molecule has 5 heteroatoms. The quantitative estimate of drug-likeness (QED) is 0.766. The molecule has 136 valence electrons. The molecule has 0 aromatic heterocycles. The van der Waals surface area contributed by atoms with Crippen LogP contribution in [0.1, 0.15) is 43.0 Å². The number of hydrogen-bond donors (Lipinski definition) is 1. The van der Waals surface area contributed by atoms with Crippen molar-refractivity contribution in [3.63, 3.8) is 0 Å². The number of benzene rings is 2. The van der Waals surface area contributed by atoms with Crippen molar-refractivity contribution < 1.29 is 13.2 Å². The number of ether oxygens (including phenoxy) is 1. The second-order valence-electron chi connectivity index (χ2n) is 6.82. The Morgan fingerprint density at radius 3 is 2.12 bits per heavy atom. The first-order valence-corrected chi connectivity index (χ1v) is 10.1. The highest BCUT2D eigenvalue weighted by atomic mass is 32.2. The molecule has 0 unspecified atom stereocenters. The highest BCUT2D eigenvalue weighted by Gasteiger charge is 2.21. The third kappa shape index (κ3) is 6.18. The van der Waals surface area contributed by atoms with Crippen LogP contribution in [0.15, 0.2) is 48.5 Å². The van der Waals surface area contributed by atoms with Crippen LogP contribution in [-0.2, 0) is 15.8 Å². The Bertz CT molecular complexity index is 766. The molecule has 0 aliphatic rings. The Hall–Kier alpha value is -1.85. The summed E-state index contributed by atoms with van der Waals surface area (Å²) >= 11 is 0. The molecule has 0 fully saturated rings. The molecule has 2 aromatic rings. The topological polar surface area (TPSA) is 55.4 Å². The minimum atomic E-state index is -3.44. The van der Waals surface area contributed by atoms with Crippen LogP contribution in [0.2, 0.25) is 0 Å². The van der Waals surface area contributed by atoms with Crippen molar-refractivity contribution >= 4 is 10.0 Å². The Labute approximate surface area is 151 Å². The van der Waals surface area contributed by atoms with Gasteiger partial charge in [-0.15, -0.1) is 0 Å². The predicted molar refractivity (Wildman–Crippen MR) is 102 cm³/mol. The summed E-state index contributed by atoms with van der Waals surface area (Å²) in [5.41, 5.74) is 2.85. The molecular weight excluding hydrogens is 334 g/mol. The third-order valence-corrected chi connectivity index (χ3v) is 5.38. The summed E-state index contributed by atoms with van der Waals surface area (Å²) < 4.78 is 33.3. The lowest BCUT2D eigenvalue weighted by atomic mass is 9.98. The number of nitrogens with one attached hydrogen (secondary N) is 1. The van der Waals surface area contributed by atoms with Crippen molar-refractivity contribution in [2.45, 2.75) is 39.0 Å². The Morgan fingerprint density at radius 1 is 1.00 bits per heavy atom. The van der Waals surface area contributed by atoms with E-state index in [1.807, 2.05) is 55.5 Å². The fraction of sp³-hybridized carbons (Fsp3) is 0.400. The van der Waals surface area contributed by atoms with Gasteiger partial charge in [0.1, 0.15) is 5.75 Å². The number of methoxy groups -OCH3 is 1. The summed E-state index contributed by atoms with van der Waals surface area (Å²) in [7, 11) is -1.82. The van der Waals surface area contributed by atoms with E-state index >= 15 is 0 Å². The van der Waals surface area contributed by atoms with E-state index in [1.54, 1.807) is 7.11 Å². The molecule has 25 heavy (non-hydrogen) atoms. The van der Waals surface area contributed by atoms with E-state index in [4.69, 9.17) is 4.74 Å². The molecule has 0 bridgehead atoms. The molecule has 0 heterocycles. The molecule has 0 aliphatic heterocycles. The lowest BCUT2D eigenvalue weighted by Crippen LogP contribution is -2.30. The van der Waals surface area contributed by atoms with Gasteiger partial charge in [-0.2, -0.15) is 0 Å². The van der Waals surface area contributed by atoms with Gasteiger partial charge < -0.3 is 4.74 Å². The second-order valence-corrected chi connectivity index (χ2v) is 8.57. The van der Waals surface area contributed by atoms with Crippen molar-refractivity contribution in [3.05, 3.63) is 65.2 Å². The molecule has 0 saturated carbocycles. The molecule has 1 N–H and O–H groups in total. The molecule has 0 amide bonds. The number of rotatable bonds is 8. The lowest BCUT2D eigenvalue weighted by molar-refractivity contribution is 0.414. The van der Waals surface area contributed by atoms with Gasteiger partial charge in [0, 0.05) is 6.04 Å². The molecule has 0 radical (unpaired) electrons. The van der Waals surface area contributed by atoms with Gasteiger partial charge in [0.25, 0.3) is 0 Å². The van der Waals surface area contributed by atoms with Crippen molar-refractivity contribution in [2.24, 2.45) is 5.92 Å². The van der Waals surface area contributed by atoms with E-state index in [0.29, 0.717) is 5.92 Å². The van der Waals surface area contributed by atoms with Gasteiger partial charge in [-0.1, -0.05) is 55.8 Å². The number of sulfonamides is 1. The SMILES string of the molecule is COc1ccc([C@@H](CC(C)C)NS(=O)(=O)Cc2ccc(C)cc2)cc1. The first-order valence-electron chi connectivity index (χ1n) is 8.48. The lowest BCUT2D eigenvalue weighted by Gasteiger charge is -2.21. The molecule has 2 aromatic carbocycles. The fourth-order valence-corrected chi connectivity index (χ4v) is 4.10. The van der Waals surface area contributed by atoms with Crippen LogP contribution >= 0.6 is 0 Å². The van der Waals surface area contributed by atoms with Gasteiger partial charge >= 0.3 is 0 Å². The van der Waals surface area contributed by atoms with Crippen LogP contribution in [0.3, 0.4) is 0 Å². The van der Waals surface area contributed by atoms with E-state index in [-0.39, 0.29) is 11.8 Å². The fourth-order valence-electron chi connectivity index (χ4n) is 2.72. The maximum absolute atomic E-state index is 12.6. The zero-order valence-corrected chi connectivity index (χ0v) is 16.1. The van der Waals surface area contributed by atoms with Gasteiger partial charge in [0.2, 0.25) is 10.0 Å². The minimum absolute atomic E-state index is 0.0158. The van der Waals surface area contributed by atoms with Crippen LogP contribution in [0, 0.1) is 12.8 Å². The summed E-state index contributed by atoms with van der Waals surface area (Å²) in [5, 5.41) is 0. The summed E-state index contributed by atoms with van der Waals surface area (Å²) in [4.78, 5) is 0. The normalized spacial score (nSPS) is 13.0. The standard InChI is InChI=1S/C20H27NO3S/c1-15(2)13-20(18-9-11-19(24-4)12-10-18)21-25(22,23)14-17-7-5-16(3)6-8-17/h5-12,15,20-21H,13-14H2,1-4H3/t20-/m1/s1. The van der Waals surface area contributed by atoms with Gasteiger partial charge in [-0.05, 0) is 42.5 Å². The Balaban J connectivity index is 2.17. The monoisotopic (exact) mass is 361 g/mol. The van der Waals surface area contributed by atoms with Gasteiger partial charge in [-0.25, -0.2) is 13.1 Å². The minimum Gasteiger partial charge on any atom is -0.497 e. The van der Waals surface area contributed by atoms with Crippen LogP contribution in [0.25, 0.3) is 0 Å². The third-order valence-electron chi connectivity index (χ3n) is 4.02. The van der Waals surface area contributed by atoms with Crippen molar-refractivity contribution in [1.29, 1.82) is 0 Å². The smallest absolute Gasteiger partial charge is 0.216 e. The Morgan fingerprint density at radius 2 is 1.60 bits per heavy atom. The van der Waals surface area contributed by atoms with Gasteiger partial charge in [0.15, 0.2) is 0 Å². The zero-order valence-electron chi connectivity index (χ0n) is 15.3. The molecule has 0 saturated heterocycles. The molecule has 0 spiro atoms. The van der Waals surface area contributed by atoms with E-state index in [9.17, 15) is 8.42 Å². The highest BCUT2D eigenvalue weighted by molar-refractivity contribution is 7.88. The summed E-state index contributed by atoms with van der Waals surface area (Å²) in [5.74, 6) is 1.11. The predicted octanol–water partition coefficient (Wildman–Crippen LogP) is 4.21. The van der Waals surface area contributed by atoms with Crippen LogP contribution in [0.5, 0.6) is 5.75 Å². The average Bonchev–Trinajstić information content (AvgIpc) is 2.55. The maximum Gasteiger partial charge on any atom is 0.216 e. The van der Waals surface area contributed by atoms with Crippen LogP contribution in [0.4, 0.5) is 0 Å². The highest BCUT2D eigenvalue weighted by Crippen LogP contribution is 2.25. The van der Waals surface area contributed by atoms with E-state index in [0.717, 1.165) is 28.9 Å². The summed E-state index contributed by atoms with van der Waals surface area (Å²) in [6.07, 6.45) is 0.736. The number of hydrogen-bond acceptors (Lipinski definition) is 3. The van der Waals surface area contributed by atoms with Gasteiger partial charge in [0.05, 0.1) is 12.9 Å². The zero-order chi connectivity index (χ0) is 18.4. The molecule has 4 nitrogen and oxygen atoms in total. The molecular formula is C20H27NO3S. The van der Waals surface area contributed by atoms with Crippen molar-refractivity contribution in [2.75, 3.05) is 7.11 Å². The Kier molecular flexibility index (Phi) is 6.62. The van der Waals surface area contributed by atoms with Crippen LogP contribution < -0.4 is 9.46 Å². The first-order chi connectivity index (χ1) is 11.8. The molecule has 0 aliphatic carbocycles. The largest absolute Gasteiger partial charge is 0.497 e. The van der Waals surface area contributed by atoms with Crippen molar-refractivity contribution in [1.82, 2.24) is 4.72 Å². The molecule has 1 atom stereocenters. The van der Waals surface area contributed by atoms with E-state index in [1.165, 1.54) is 0 Å². The number of aryl methyl sites for hydroxylation is 1. The molecule has 2 rings (SSSR count). The maximum atomic E-state index is 12.6. The van der Waals surface area contributed by atoms with E-state index < -0.39 is 10.0 Å². The van der Waals surface area contributed by atoms with Crippen LogP contribution in [-0.4, -0.2) is 15.5 Å². The summed E-state index contributed by atoms with van der Waals surface area (Å²) in [6, 6.07) is 14.9. The summed E-state index contributed by atoms with van der Waals surface area (Å²) in [6.45, 7) is 6.16. The van der Waals surface area contributed by atoms with Gasteiger partial charge in [-0.3, -0.25) is 0 Å². The van der Waals surface area contributed by atoms with Crippen molar-refractivity contribution in [3.8, 4) is 5.75 Å².